The lowest BCUT2D eigenvalue weighted by Gasteiger charge is -2.40. The van der Waals surface area contributed by atoms with Crippen LogP contribution in [0.4, 0.5) is 0 Å². The van der Waals surface area contributed by atoms with Gasteiger partial charge in [-0.05, 0) is 69.5 Å². The van der Waals surface area contributed by atoms with Gasteiger partial charge in [0, 0.05) is 12.6 Å². The summed E-state index contributed by atoms with van der Waals surface area (Å²) >= 11 is 0. The SMILES string of the molecule is CN1CCC(C)(CNC2CCC(C)(C)CC2)CC1. The molecular formula is C16H32N2. The molecule has 2 heteroatoms. The number of hydrogen-bond donors (Lipinski definition) is 1. The van der Waals surface area contributed by atoms with E-state index in [0.717, 1.165) is 6.04 Å². The first-order valence-corrected chi connectivity index (χ1v) is 7.81. The van der Waals surface area contributed by atoms with Gasteiger partial charge in [0.1, 0.15) is 0 Å². The predicted octanol–water partition coefficient (Wildman–Crippen LogP) is 3.28. The van der Waals surface area contributed by atoms with Crippen LogP contribution in [0.2, 0.25) is 0 Å². The number of piperidine rings is 1. The molecule has 0 bridgehead atoms. The molecule has 0 spiro atoms. The molecule has 2 aliphatic rings. The van der Waals surface area contributed by atoms with Crippen molar-refractivity contribution in [2.75, 3.05) is 26.7 Å². The summed E-state index contributed by atoms with van der Waals surface area (Å²) in [4.78, 5) is 2.46. The van der Waals surface area contributed by atoms with Gasteiger partial charge in [-0.2, -0.15) is 0 Å². The molecule has 2 rings (SSSR count). The van der Waals surface area contributed by atoms with Crippen molar-refractivity contribution < 1.29 is 0 Å². The van der Waals surface area contributed by atoms with E-state index in [1.54, 1.807) is 0 Å². The number of rotatable bonds is 3. The highest BCUT2D eigenvalue weighted by Crippen LogP contribution is 2.36. The van der Waals surface area contributed by atoms with E-state index in [-0.39, 0.29) is 0 Å². The summed E-state index contributed by atoms with van der Waals surface area (Å²) in [6, 6.07) is 0.787. The molecule has 0 radical (unpaired) electrons. The summed E-state index contributed by atoms with van der Waals surface area (Å²) < 4.78 is 0. The summed E-state index contributed by atoms with van der Waals surface area (Å²) in [7, 11) is 2.25. The van der Waals surface area contributed by atoms with Crippen molar-refractivity contribution in [1.82, 2.24) is 10.2 Å². The second kappa shape index (κ2) is 5.50. The average Bonchev–Trinajstić information content (AvgIpc) is 2.32. The number of nitrogens with zero attached hydrogens (tertiary/aromatic N) is 1. The topological polar surface area (TPSA) is 15.3 Å². The lowest BCUT2D eigenvalue weighted by molar-refractivity contribution is 0.124. The van der Waals surface area contributed by atoms with E-state index >= 15 is 0 Å². The van der Waals surface area contributed by atoms with Gasteiger partial charge in [-0.15, -0.1) is 0 Å². The van der Waals surface area contributed by atoms with Gasteiger partial charge in [0.2, 0.25) is 0 Å². The first-order chi connectivity index (χ1) is 8.39. The normalized spacial score (nSPS) is 29.3. The lowest BCUT2D eigenvalue weighted by atomic mass is 9.75. The molecule has 2 nitrogen and oxygen atoms in total. The van der Waals surface area contributed by atoms with E-state index in [4.69, 9.17) is 0 Å². The fourth-order valence-electron chi connectivity index (χ4n) is 3.33. The van der Waals surface area contributed by atoms with Crippen LogP contribution in [0.25, 0.3) is 0 Å². The van der Waals surface area contributed by atoms with E-state index in [9.17, 15) is 0 Å². The Labute approximate surface area is 114 Å². The Morgan fingerprint density at radius 3 is 2.11 bits per heavy atom. The third kappa shape index (κ3) is 3.96. The Morgan fingerprint density at radius 1 is 1.00 bits per heavy atom. The molecular weight excluding hydrogens is 220 g/mol. The molecule has 0 aromatic rings. The predicted molar refractivity (Wildman–Crippen MR) is 78.9 cm³/mol. The molecule has 1 heterocycles. The molecule has 106 valence electrons. The fraction of sp³-hybridized carbons (Fsp3) is 1.00. The quantitative estimate of drug-likeness (QED) is 0.829. The van der Waals surface area contributed by atoms with Crippen molar-refractivity contribution in [3.8, 4) is 0 Å². The first kappa shape index (κ1) is 14.3. The van der Waals surface area contributed by atoms with Gasteiger partial charge in [0.15, 0.2) is 0 Å². The van der Waals surface area contributed by atoms with Crippen molar-refractivity contribution >= 4 is 0 Å². The van der Waals surface area contributed by atoms with Crippen LogP contribution in [0.5, 0.6) is 0 Å². The Morgan fingerprint density at radius 2 is 1.56 bits per heavy atom. The minimum absolute atomic E-state index is 0.541. The highest BCUT2D eigenvalue weighted by Gasteiger charge is 2.31. The summed E-state index contributed by atoms with van der Waals surface area (Å²) in [6.07, 6.45) is 8.25. The van der Waals surface area contributed by atoms with Gasteiger partial charge in [0.25, 0.3) is 0 Å². The molecule has 0 unspecified atom stereocenters. The van der Waals surface area contributed by atoms with E-state index in [1.807, 2.05) is 0 Å². The van der Waals surface area contributed by atoms with Crippen molar-refractivity contribution in [2.45, 2.75) is 65.3 Å². The Kier molecular flexibility index (Phi) is 4.38. The number of likely N-dealkylation sites (tertiary alicyclic amines) is 1. The Bertz CT molecular complexity index is 254. The van der Waals surface area contributed by atoms with E-state index in [2.05, 4.69) is 38.0 Å². The third-order valence-corrected chi connectivity index (χ3v) is 5.35. The Hall–Kier alpha value is -0.0800. The van der Waals surface area contributed by atoms with E-state index in [1.165, 1.54) is 58.2 Å². The summed E-state index contributed by atoms with van der Waals surface area (Å²) in [5.74, 6) is 0. The molecule has 1 aliphatic heterocycles. The van der Waals surface area contributed by atoms with Crippen molar-refractivity contribution in [3.63, 3.8) is 0 Å². The smallest absolute Gasteiger partial charge is 0.00676 e. The van der Waals surface area contributed by atoms with Gasteiger partial charge < -0.3 is 10.2 Å². The number of nitrogens with one attached hydrogen (secondary N) is 1. The zero-order valence-electron chi connectivity index (χ0n) is 12.9. The van der Waals surface area contributed by atoms with Crippen molar-refractivity contribution in [2.24, 2.45) is 10.8 Å². The second-order valence-electron chi connectivity index (χ2n) is 7.93. The molecule has 0 aromatic carbocycles. The minimum atomic E-state index is 0.541. The number of hydrogen-bond acceptors (Lipinski definition) is 2. The fourth-order valence-corrected chi connectivity index (χ4v) is 3.33. The molecule has 1 N–H and O–H groups in total. The third-order valence-electron chi connectivity index (χ3n) is 5.35. The molecule has 0 atom stereocenters. The zero-order chi connectivity index (χ0) is 13.2. The standard InChI is InChI=1S/C16H32N2/c1-15(2)7-5-14(6-8-15)17-13-16(3)9-11-18(4)12-10-16/h14,17H,5-13H2,1-4H3. The van der Waals surface area contributed by atoms with E-state index in [0.29, 0.717) is 10.8 Å². The first-order valence-electron chi connectivity index (χ1n) is 7.81. The molecule has 0 aromatic heterocycles. The van der Waals surface area contributed by atoms with Gasteiger partial charge in [-0.25, -0.2) is 0 Å². The van der Waals surface area contributed by atoms with Crippen LogP contribution in [-0.2, 0) is 0 Å². The van der Waals surface area contributed by atoms with Gasteiger partial charge in [-0.3, -0.25) is 0 Å². The zero-order valence-corrected chi connectivity index (χ0v) is 12.9. The molecule has 1 aliphatic carbocycles. The van der Waals surface area contributed by atoms with Crippen LogP contribution in [0.15, 0.2) is 0 Å². The summed E-state index contributed by atoms with van der Waals surface area (Å²) in [5.41, 5.74) is 1.13. The lowest BCUT2D eigenvalue weighted by Crippen LogP contribution is -2.45. The largest absolute Gasteiger partial charge is 0.313 e. The summed E-state index contributed by atoms with van der Waals surface area (Å²) in [5, 5.41) is 3.87. The maximum absolute atomic E-state index is 3.87. The molecule has 1 saturated carbocycles. The van der Waals surface area contributed by atoms with Crippen LogP contribution in [0, 0.1) is 10.8 Å². The van der Waals surface area contributed by atoms with Crippen LogP contribution >= 0.6 is 0 Å². The van der Waals surface area contributed by atoms with Gasteiger partial charge >= 0.3 is 0 Å². The molecule has 1 saturated heterocycles. The van der Waals surface area contributed by atoms with Crippen molar-refractivity contribution in [3.05, 3.63) is 0 Å². The molecule has 2 fully saturated rings. The molecule has 18 heavy (non-hydrogen) atoms. The summed E-state index contributed by atoms with van der Waals surface area (Å²) in [6.45, 7) is 11.1. The molecule has 0 amide bonds. The second-order valence-corrected chi connectivity index (χ2v) is 7.93. The minimum Gasteiger partial charge on any atom is -0.313 e. The average molecular weight is 252 g/mol. The Balaban J connectivity index is 1.72. The maximum atomic E-state index is 3.87. The van der Waals surface area contributed by atoms with Crippen LogP contribution in [-0.4, -0.2) is 37.6 Å². The van der Waals surface area contributed by atoms with Crippen LogP contribution in [0.1, 0.15) is 59.3 Å². The highest BCUT2D eigenvalue weighted by molar-refractivity contribution is 4.87. The van der Waals surface area contributed by atoms with Gasteiger partial charge in [0.05, 0.1) is 0 Å². The van der Waals surface area contributed by atoms with Gasteiger partial charge in [-0.1, -0.05) is 20.8 Å². The van der Waals surface area contributed by atoms with Crippen molar-refractivity contribution in [1.29, 1.82) is 0 Å². The monoisotopic (exact) mass is 252 g/mol. The van der Waals surface area contributed by atoms with E-state index < -0.39 is 0 Å². The maximum Gasteiger partial charge on any atom is 0.00676 e. The van der Waals surface area contributed by atoms with Crippen LogP contribution in [0.3, 0.4) is 0 Å². The van der Waals surface area contributed by atoms with Crippen LogP contribution < -0.4 is 5.32 Å². The highest BCUT2D eigenvalue weighted by atomic mass is 15.1.